The molecule has 1 aliphatic rings. The Hall–Kier alpha value is -2.44. The van der Waals surface area contributed by atoms with Crippen LogP contribution in [-0.2, 0) is 4.79 Å². The predicted molar refractivity (Wildman–Crippen MR) is 88.8 cm³/mol. The van der Waals surface area contributed by atoms with Crippen molar-refractivity contribution in [2.24, 2.45) is 5.92 Å². The molecule has 1 fully saturated rings. The number of nitrogens with zero attached hydrogens (tertiary/aromatic N) is 4. The molecule has 23 heavy (non-hydrogen) atoms. The highest BCUT2D eigenvalue weighted by Crippen LogP contribution is 2.17. The highest BCUT2D eigenvalue weighted by molar-refractivity contribution is 5.90. The number of fused-ring (bicyclic) bond motifs is 1. The van der Waals surface area contributed by atoms with Gasteiger partial charge in [0.15, 0.2) is 5.65 Å². The Morgan fingerprint density at radius 2 is 2.04 bits per heavy atom. The van der Waals surface area contributed by atoms with Crippen molar-refractivity contribution >= 4 is 23.1 Å². The highest BCUT2D eigenvalue weighted by atomic mass is 16.2. The minimum Gasteiger partial charge on any atom is -0.355 e. The fraction of sp³-hybridized carbons (Fsp3) is 0.500. The SMILES string of the molecule is CC(C)CC(=O)Nc1cnc2ccc(N3CCCC3)nn2c1=O. The number of nitrogens with one attached hydrogen (secondary N) is 1. The summed E-state index contributed by atoms with van der Waals surface area (Å²) in [5.74, 6) is 0.810. The van der Waals surface area contributed by atoms with Crippen LogP contribution in [0.25, 0.3) is 5.65 Å². The van der Waals surface area contributed by atoms with E-state index in [0.717, 1.165) is 31.7 Å². The summed E-state index contributed by atoms with van der Waals surface area (Å²) in [6.07, 6.45) is 4.03. The van der Waals surface area contributed by atoms with Gasteiger partial charge in [-0.1, -0.05) is 13.8 Å². The van der Waals surface area contributed by atoms with Crippen molar-refractivity contribution in [2.75, 3.05) is 23.3 Å². The first kappa shape index (κ1) is 15.5. The molecule has 2 aromatic rings. The molecule has 1 aliphatic heterocycles. The number of aromatic nitrogens is 3. The number of amides is 1. The maximum Gasteiger partial charge on any atom is 0.298 e. The van der Waals surface area contributed by atoms with E-state index in [-0.39, 0.29) is 23.1 Å². The van der Waals surface area contributed by atoms with Crippen molar-refractivity contribution < 1.29 is 4.79 Å². The summed E-state index contributed by atoms with van der Waals surface area (Å²) in [4.78, 5) is 30.8. The van der Waals surface area contributed by atoms with E-state index in [1.54, 1.807) is 6.07 Å². The standard InChI is InChI=1S/C16H21N5O2/c1-11(2)9-15(22)18-12-10-17-13-5-6-14(19-21(13)16(12)23)20-7-3-4-8-20/h5-6,10-11H,3-4,7-9H2,1-2H3,(H,18,22). The molecule has 2 aromatic heterocycles. The van der Waals surface area contributed by atoms with Crippen LogP contribution in [0.5, 0.6) is 0 Å². The molecule has 122 valence electrons. The summed E-state index contributed by atoms with van der Waals surface area (Å²) in [5.41, 5.74) is 0.284. The van der Waals surface area contributed by atoms with Gasteiger partial charge in [0.25, 0.3) is 5.56 Å². The van der Waals surface area contributed by atoms with Gasteiger partial charge in [-0.3, -0.25) is 9.59 Å². The molecule has 0 aliphatic carbocycles. The van der Waals surface area contributed by atoms with Gasteiger partial charge in [0.2, 0.25) is 5.91 Å². The van der Waals surface area contributed by atoms with Gasteiger partial charge < -0.3 is 10.2 Å². The molecule has 0 atom stereocenters. The van der Waals surface area contributed by atoms with E-state index in [1.807, 2.05) is 19.9 Å². The summed E-state index contributed by atoms with van der Waals surface area (Å²) in [6, 6.07) is 3.66. The molecule has 1 amide bonds. The lowest BCUT2D eigenvalue weighted by atomic mass is 10.1. The molecule has 3 heterocycles. The second-order valence-corrected chi connectivity index (χ2v) is 6.28. The highest BCUT2D eigenvalue weighted by Gasteiger charge is 2.16. The first-order valence-corrected chi connectivity index (χ1v) is 7.98. The van der Waals surface area contributed by atoms with Gasteiger partial charge in [0.1, 0.15) is 11.5 Å². The lowest BCUT2D eigenvalue weighted by molar-refractivity contribution is -0.116. The molecule has 7 heteroatoms. The van der Waals surface area contributed by atoms with Gasteiger partial charge in [-0.25, -0.2) is 4.98 Å². The average molecular weight is 315 g/mol. The normalized spacial score (nSPS) is 14.7. The molecule has 0 bridgehead atoms. The molecule has 1 saturated heterocycles. The van der Waals surface area contributed by atoms with Crippen LogP contribution in [0.15, 0.2) is 23.1 Å². The number of rotatable bonds is 4. The van der Waals surface area contributed by atoms with Crippen molar-refractivity contribution in [1.82, 2.24) is 14.6 Å². The predicted octanol–water partition coefficient (Wildman–Crippen LogP) is 1.67. The van der Waals surface area contributed by atoms with Crippen molar-refractivity contribution in [1.29, 1.82) is 0 Å². The summed E-state index contributed by atoms with van der Waals surface area (Å²) in [6.45, 7) is 5.81. The third-order valence-electron chi connectivity index (χ3n) is 3.85. The summed E-state index contributed by atoms with van der Waals surface area (Å²) < 4.78 is 1.26. The number of carbonyl (C=O) groups is 1. The van der Waals surface area contributed by atoms with Gasteiger partial charge >= 0.3 is 0 Å². The van der Waals surface area contributed by atoms with E-state index >= 15 is 0 Å². The summed E-state index contributed by atoms with van der Waals surface area (Å²) >= 11 is 0. The second kappa shape index (κ2) is 6.36. The lowest BCUT2D eigenvalue weighted by Gasteiger charge is -2.16. The molecular weight excluding hydrogens is 294 g/mol. The van der Waals surface area contributed by atoms with Crippen molar-refractivity contribution in [2.45, 2.75) is 33.1 Å². The van der Waals surface area contributed by atoms with Crippen molar-refractivity contribution in [3.8, 4) is 0 Å². The van der Waals surface area contributed by atoms with Gasteiger partial charge in [-0.15, -0.1) is 5.10 Å². The number of hydrogen-bond donors (Lipinski definition) is 1. The third-order valence-corrected chi connectivity index (χ3v) is 3.85. The third kappa shape index (κ3) is 3.33. The maximum atomic E-state index is 12.5. The van der Waals surface area contributed by atoms with Gasteiger partial charge in [-0.2, -0.15) is 4.52 Å². The molecule has 1 N–H and O–H groups in total. The monoisotopic (exact) mass is 315 g/mol. The van der Waals surface area contributed by atoms with Gasteiger partial charge in [-0.05, 0) is 30.9 Å². The Labute approximate surface area is 134 Å². The molecule has 0 saturated carbocycles. The quantitative estimate of drug-likeness (QED) is 0.928. The fourth-order valence-corrected chi connectivity index (χ4v) is 2.73. The van der Waals surface area contributed by atoms with E-state index in [0.29, 0.717) is 12.1 Å². The van der Waals surface area contributed by atoms with Crippen LogP contribution in [0.4, 0.5) is 11.5 Å². The number of anilines is 2. The summed E-state index contributed by atoms with van der Waals surface area (Å²) in [5, 5.41) is 7.04. The van der Waals surface area contributed by atoms with Crippen LogP contribution in [0.1, 0.15) is 33.1 Å². The number of hydrogen-bond acceptors (Lipinski definition) is 5. The minimum atomic E-state index is -0.354. The Morgan fingerprint density at radius 3 is 2.74 bits per heavy atom. The Kier molecular flexibility index (Phi) is 4.27. The minimum absolute atomic E-state index is 0.166. The smallest absolute Gasteiger partial charge is 0.298 e. The molecule has 0 spiro atoms. The van der Waals surface area contributed by atoms with E-state index < -0.39 is 0 Å². The van der Waals surface area contributed by atoms with Gasteiger partial charge in [0.05, 0.1) is 6.20 Å². The zero-order chi connectivity index (χ0) is 16.4. The second-order valence-electron chi connectivity index (χ2n) is 6.28. The van der Waals surface area contributed by atoms with Crippen LogP contribution in [0.2, 0.25) is 0 Å². The van der Waals surface area contributed by atoms with E-state index in [1.165, 1.54) is 10.7 Å². The zero-order valence-corrected chi connectivity index (χ0v) is 13.5. The molecule has 3 rings (SSSR count). The topological polar surface area (TPSA) is 79.6 Å². The fourth-order valence-electron chi connectivity index (χ4n) is 2.73. The zero-order valence-electron chi connectivity index (χ0n) is 13.5. The van der Waals surface area contributed by atoms with Crippen LogP contribution < -0.4 is 15.8 Å². The Morgan fingerprint density at radius 1 is 1.30 bits per heavy atom. The maximum absolute atomic E-state index is 12.5. The number of carbonyl (C=O) groups excluding carboxylic acids is 1. The molecular formula is C16H21N5O2. The van der Waals surface area contributed by atoms with E-state index in [2.05, 4.69) is 20.3 Å². The Bertz CT molecular complexity index is 778. The van der Waals surface area contributed by atoms with Crippen LogP contribution >= 0.6 is 0 Å². The first-order chi connectivity index (χ1) is 11.0. The Balaban J connectivity index is 1.93. The largest absolute Gasteiger partial charge is 0.355 e. The average Bonchev–Trinajstić information content (AvgIpc) is 3.03. The molecule has 0 radical (unpaired) electrons. The first-order valence-electron chi connectivity index (χ1n) is 7.98. The van der Waals surface area contributed by atoms with Crippen molar-refractivity contribution in [3.05, 3.63) is 28.7 Å². The van der Waals surface area contributed by atoms with Gasteiger partial charge in [0, 0.05) is 19.5 Å². The van der Waals surface area contributed by atoms with E-state index in [4.69, 9.17) is 0 Å². The van der Waals surface area contributed by atoms with Crippen LogP contribution in [-0.4, -0.2) is 33.6 Å². The van der Waals surface area contributed by atoms with Crippen LogP contribution in [0, 0.1) is 5.92 Å². The molecule has 7 nitrogen and oxygen atoms in total. The lowest BCUT2D eigenvalue weighted by Crippen LogP contribution is -2.27. The summed E-state index contributed by atoms with van der Waals surface area (Å²) in [7, 11) is 0. The molecule has 0 unspecified atom stereocenters. The van der Waals surface area contributed by atoms with Crippen molar-refractivity contribution in [3.63, 3.8) is 0 Å². The van der Waals surface area contributed by atoms with Crippen LogP contribution in [0.3, 0.4) is 0 Å². The van der Waals surface area contributed by atoms with E-state index in [9.17, 15) is 9.59 Å². The molecule has 0 aromatic carbocycles.